The first-order chi connectivity index (χ1) is 9.65. The molecule has 106 valence electrons. The lowest BCUT2D eigenvalue weighted by Gasteiger charge is -2.26. The zero-order valence-electron chi connectivity index (χ0n) is 11.6. The Kier molecular flexibility index (Phi) is 3.56. The van der Waals surface area contributed by atoms with E-state index in [1.807, 2.05) is 17.9 Å². The molecule has 0 saturated carbocycles. The van der Waals surface area contributed by atoms with Crippen LogP contribution in [0.4, 0.5) is 0 Å². The number of imidazole rings is 1. The van der Waals surface area contributed by atoms with E-state index >= 15 is 0 Å². The number of pyridine rings is 1. The van der Waals surface area contributed by atoms with Gasteiger partial charge < -0.3 is 9.88 Å². The number of piperidine rings is 1. The van der Waals surface area contributed by atoms with Crippen LogP contribution in [0.25, 0.3) is 11.2 Å². The molecular weight excluding hydrogens is 272 g/mol. The number of hydrogen-bond acceptors (Lipinski definition) is 3. The number of nitrogens with zero attached hydrogens (tertiary/aromatic N) is 3. The molecule has 3 rings (SSSR count). The molecule has 0 spiro atoms. The van der Waals surface area contributed by atoms with E-state index in [1.54, 1.807) is 10.8 Å². The van der Waals surface area contributed by atoms with Gasteiger partial charge in [0.2, 0.25) is 5.91 Å². The maximum absolute atomic E-state index is 12.3. The molecule has 1 N–H and O–H groups in total. The van der Waals surface area contributed by atoms with Crippen molar-refractivity contribution in [3.8, 4) is 0 Å². The molecule has 6 heteroatoms. The molecule has 0 atom stereocenters. The Morgan fingerprint density at radius 1 is 1.40 bits per heavy atom. The molecule has 3 heterocycles. The molecule has 0 unspecified atom stereocenters. The number of amides is 1. The van der Waals surface area contributed by atoms with Crippen LogP contribution in [0.1, 0.15) is 24.8 Å². The quantitative estimate of drug-likeness (QED) is 0.864. The molecule has 2 aromatic rings. The van der Waals surface area contributed by atoms with Gasteiger partial charge in [-0.3, -0.25) is 9.36 Å². The van der Waals surface area contributed by atoms with E-state index in [1.165, 1.54) is 6.42 Å². The minimum Gasteiger partial charge on any atom is -0.341 e. The molecule has 5 nitrogen and oxygen atoms in total. The highest BCUT2D eigenvalue weighted by Crippen LogP contribution is 2.14. The van der Waals surface area contributed by atoms with E-state index in [2.05, 4.69) is 9.97 Å². The van der Waals surface area contributed by atoms with Crippen LogP contribution >= 0.6 is 12.2 Å². The number of fused-ring (bicyclic) bond motifs is 1. The first-order valence-corrected chi connectivity index (χ1v) is 7.39. The van der Waals surface area contributed by atoms with Gasteiger partial charge >= 0.3 is 0 Å². The van der Waals surface area contributed by atoms with Crippen LogP contribution in [0.3, 0.4) is 0 Å². The average Bonchev–Trinajstić information content (AvgIpc) is 2.75. The first-order valence-electron chi connectivity index (χ1n) is 6.98. The first kappa shape index (κ1) is 13.3. The lowest BCUT2D eigenvalue weighted by Crippen LogP contribution is -2.37. The molecule has 1 amide bonds. The van der Waals surface area contributed by atoms with Crippen molar-refractivity contribution < 1.29 is 4.79 Å². The van der Waals surface area contributed by atoms with E-state index in [-0.39, 0.29) is 12.5 Å². The Labute approximate surface area is 122 Å². The third-order valence-electron chi connectivity index (χ3n) is 3.75. The van der Waals surface area contributed by atoms with Crippen molar-refractivity contribution in [1.82, 2.24) is 19.4 Å². The molecule has 0 radical (unpaired) electrons. The van der Waals surface area contributed by atoms with Crippen LogP contribution in [0.2, 0.25) is 0 Å². The zero-order valence-corrected chi connectivity index (χ0v) is 12.4. The summed E-state index contributed by atoms with van der Waals surface area (Å²) in [6.07, 6.45) is 5.22. The standard InChI is InChI=1S/C14H18N4OS/c1-10-7-11-13(15-8-10)18(14(20)16-11)9-12(19)17-5-3-2-4-6-17/h7-8H,2-6,9H2,1H3,(H,16,20). The summed E-state index contributed by atoms with van der Waals surface area (Å²) < 4.78 is 2.35. The van der Waals surface area contributed by atoms with Crippen molar-refractivity contribution in [3.63, 3.8) is 0 Å². The highest BCUT2D eigenvalue weighted by Gasteiger charge is 2.18. The summed E-state index contributed by atoms with van der Waals surface area (Å²) in [6, 6.07) is 2.00. The van der Waals surface area contributed by atoms with E-state index in [9.17, 15) is 4.79 Å². The van der Waals surface area contributed by atoms with Crippen molar-refractivity contribution in [2.75, 3.05) is 13.1 Å². The van der Waals surface area contributed by atoms with Crippen molar-refractivity contribution in [2.45, 2.75) is 32.7 Å². The van der Waals surface area contributed by atoms with Gasteiger partial charge in [0, 0.05) is 19.3 Å². The number of H-pyrrole nitrogens is 1. The molecule has 1 fully saturated rings. The maximum atomic E-state index is 12.3. The molecule has 2 aromatic heterocycles. The van der Waals surface area contributed by atoms with Crippen LogP contribution in [-0.4, -0.2) is 38.4 Å². The van der Waals surface area contributed by atoms with Gasteiger partial charge in [-0.25, -0.2) is 4.98 Å². The third-order valence-corrected chi connectivity index (χ3v) is 4.07. The number of rotatable bonds is 2. The number of aromatic nitrogens is 3. The van der Waals surface area contributed by atoms with Crippen LogP contribution in [0.5, 0.6) is 0 Å². The topological polar surface area (TPSA) is 53.9 Å². The van der Waals surface area contributed by atoms with E-state index in [4.69, 9.17) is 12.2 Å². The minimum absolute atomic E-state index is 0.129. The van der Waals surface area contributed by atoms with E-state index < -0.39 is 0 Å². The van der Waals surface area contributed by atoms with Gasteiger partial charge in [0.15, 0.2) is 10.4 Å². The maximum Gasteiger partial charge on any atom is 0.242 e. The number of hydrogen-bond donors (Lipinski definition) is 1. The molecule has 0 aliphatic carbocycles. The molecule has 1 aliphatic heterocycles. The lowest BCUT2D eigenvalue weighted by molar-refractivity contribution is -0.132. The van der Waals surface area contributed by atoms with Crippen LogP contribution < -0.4 is 0 Å². The van der Waals surface area contributed by atoms with Gasteiger partial charge in [0.05, 0.1) is 5.52 Å². The van der Waals surface area contributed by atoms with Gasteiger partial charge in [-0.05, 0) is 50.0 Å². The van der Waals surface area contributed by atoms with E-state index in [0.717, 1.165) is 42.7 Å². The molecule has 1 saturated heterocycles. The smallest absolute Gasteiger partial charge is 0.242 e. The highest BCUT2D eigenvalue weighted by atomic mass is 32.1. The van der Waals surface area contributed by atoms with Crippen LogP contribution in [0.15, 0.2) is 12.3 Å². The fourth-order valence-electron chi connectivity index (χ4n) is 2.67. The monoisotopic (exact) mass is 290 g/mol. The molecule has 20 heavy (non-hydrogen) atoms. The Morgan fingerprint density at radius 3 is 2.90 bits per heavy atom. The molecular formula is C14H18N4OS. The Hall–Kier alpha value is -1.69. The summed E-state index contributed by atoms with van der Waals surface area (Å²) in [5.41, 5.74) is 2.72. The minimum atomic E-state index is 0.129. The van der Waals surface area contributed by atoms with Crippen molar-refractivity contribution >= 4 is 29.3 Å². The Morgan fingerprint density at radius 2 is 2.15 bits per heavy atom. The van der Waals surface area contributed by atoms with Crippen molar-refractivity contribution in [2.24, 2.45) is 0 Å². The van der Waals surface area contributed by atoms with E-state index in [0.29, 0.717) is 4.77 Å². The number of likely N-dealkylation sites (tertiary alicyclic amines) is 1. The Balaban J connectivity index is 1.88. The predicted octanol–water partition coefficient (Wildman–Crippen LogP) is 2.41. The molecule has 0 aromatic carbocycles. The summed E-state index contributed by atoms with van der Waals surface area (Å²) in [4.78, 5) is 21.8. The predicted molar refractivity (Wildman–Crippen MR) is 80.1 cm³/mol. The van der Waals surface area contributed by atoms with Gasteiger partial charge in [0.25, 0.3) is 0 Å². The lowest BCUT2D eigenvalue weighted by atomic mass is 10.1. The van der Waals surface area contributed by atoms with Gasteiger partial charge in [-0.2, -0.15) is 0 Å². The number of nitrogens with one attached hydrogen (secondary N) is 1. The SMILES string of the molecule is Cc1cnc2c(c1)[nH]c(=S)n2CC(=O)N1CCCCC1. The largest absolute Gasteiger partial charge is 0.341 e. The average molecular weight is 290 g/mol. The summed E-state index contributed by atoms with van der Waals surface area (Å²) in [5, 5.41) is 0. The Bertz CT molecular complexity index is 697. The van der Waals surface area contributed by atoms with Gasteiger partial charge in [0.1, 0.15) is 6.54 Å². The number of aryl methyl sites for hydroxylation is 1. The molecule has 1 aliphatic rings. The fourth-order valence-corrected chi connectivity index (χ4v) is 2.93. The van der Waals surface area contributed by atoms with Crippen molar-refractivity contribution in [3.05, 3.63) is 22.6 Å². The second-order valence-corrected chi connectivity index (χ2v) is 5.73. The van der Waals surface area contributed by atoms with Gasteiger partial charge in [-0.15, -0.1) is 0 Å². The number of aromatic amines is 1. The van der Waals surface area contributed by atoms with Crippen LogP contribution in [0, 0.1) is 11.7 Å². The summed E-state index contributed by atoms with van der Waals surface area (Å²) in [5.74, 6) is 0.129. The second-order valence-electron chi connectivity index (χ2n) is 5.34. The summed E-state index contributed by atoms with van der Waals surface area (Å²) in [7, 11) is 0. The zero-order chi connectivity index (χ0) is 14.1. The summed E-state index contributed by atoms with van der Waals surface area (Å²) in [6.45, 7) is 3.98. The number of carbonyl (C=O) groups is 1. The second kappa shape index (κ2) is 5.36. The highest BCUT2D eigenvalue weighted by molar-refractivity contribution is 7.71. The summed E-state index contributed by atoms with van der Waals surface area (Å²) >= 11 is 5.31. The number of carbonyl (C=O) groups excluding carboxylic acids is 1. The normalized spacial score (nSPS) is 15.8. The third kappa shape index (κ3) is 2.47. The van der Waals surface area contributed by atoms with Crippen molar-refractivity contribution in [1.29, 1.82) is 0 Å². The fraction of sp³-hybridized carbons (Fsp3) is 0.500. The molecule has 0 bridgehead atoms. The van der Waals surface area contributed by atoms with Crippen LogP contribution in [-0.2, 0) is 11.3 Å². The van der Waals surface area contributed by atoms with Gasteiger partial charge in [-0.1, -0.05) is 0 Å².